The highest BCUT2D eigenvalue weighted by Crippen LogP contribution is 2.03. The van der Waals surface area contributed by atoms with Gasteiger partial charge in [0, 0.05) is 4.88 Å². The van der Waals surface area contributed by atoms with Crippen LogP contribution in [-0.4, -0.2) is 12.2 Å². The van der Waals surface area contributed by atoms with E-state index in [2.05, 4.69) is 24.4 Å². The van der Waals surface area contributed by atoms with Crippen molar-refractivity contribution in [2.24, 2.45) is 0 Å². The fourth-order valence-electron chi connectivity index (χ4n) is 0.361. The van der Waals surface area contributed by atoms with Crippen molar-refractivity contribution in [3.05, 3.63) is 33.2 Å². The lowest BCUT2D eigenvalue weighted by atomic mass is 10.5. The molecule has 0 radical (unpaired) electrons. The van der Waals surface area contributed by atoms with Crippen LogP contribution in [0.5, 0.6) is 0 Å². The third kappa shape index (κ3) is 15.8. The van der Waals surface area contributed by atoms with Crippen LogP contribution in [0.1, 0.15) is 4.88 Å². The van der Waals surface area contributed by atoms with Gasteiger partial charge in [0.1, 0.15) is 0 Å². The molecule has 12 heavy (non-hydrogen) atoms. The highest BCUT2D eigenvalue weighted by molar-refractivity contribution is 7.09. The van der Waals surface area contributed by atoms with Crippen LogP contribution < -0.4 is 0 Å². The van der Waals surface area contributed by atoms with Crippen LogP contribution in [-0.2, 0) is 9.59 Å². The molecular formula is C7H6N2O2S-2. The number of hydrogen-bond acceptors (Lipinski definition) is 3. The van der Waals surface area contributed by atoms with E-state index < -0.39 is 0 Å². The molecule has 1 aromatic heterocycles. The molecule has 0 amide bonds. The third-order valence-corrected chi connectivity index (χ3v) is 1.46. The second-order valence-corrected chi connectivity index (χ2v) is 2.56. The van der Waals surface area contributed by atoms with Gasteiger partial charge in [-0.2, -0.15) is 0 Å². The molecule has 0 fully saturated rings. The summed E-state index contributed by atoms with van der Waals surface area (Å²) in [5, 5.41) is 15.6. The molecule has 0 saturated carbocycles. The lowest BCUT2D eigenvalue weighted by Gasteiger charge is -1.65. The average molecular weight is 182 g/mol. The fourth-order valence-corrected chi connectivity index (χ4v) is 0.890. The predicted molar refractivity (Wildman–Crippen MR) is 47.2 cm³/mol. The second-order valence-electron chi connectivity index (χ2n) is 1.41. The Kier molecular flexibility index (Phi) is 13.3. The van der Waals surface area contributed by atoms with E-state index in [-0.39, 0.29) is 0 Å². The van der Waals surface area contributed by atoms with Gasteiger partial charge < -0.3 is 10.8 Å². The molecule has 0 aliphatic carbocycles. The Labute approximate surface area is 73.9 Å². The van der Waals surface area contributed by atoms with Gasteiger partial charge >= 0.3 is 0 Å². The van der Waals surface area contributed by atoms with Crippen molar-refractivity contribution in [2.75, 3.05) is 0 Å². The minimum Gasteiger partial charge on any atom is -0.724 e. The molecule has 0 bridgehead atoms. The Bertz CT molecular complexity index is 232. The molecule has 64 valence electrons. The number of carbonyl (C=O) groups excluding carboxylic acids is 2. The van der Waals surface area contributed by atoms with Crippen LogP contribution in [0.3, 0.4) is 0 Å². The number of isocyanates is 2. The number of aryl methyl sites for hydroxylation is 1. The number of thiophene rings is 1. The smallest absolute Gasteiger partial charge is 0.00141 e. The van der Waals surface area contributed by atoms with Gasteiger partial charge in [0.25, 0.3) is 0 Å². The Morgan fingerprint density at radius 1 is 1.33 bits per heavy atom. The fraction of sp³-hybridized carbons (Fsp3) is 0.143. The molecular weight excluding hydrogens is 176 g/mol. The first kappa shape index (κ1) is 13.1. The number of nitrogens with zero attached hydrogens (tertiary/aromatic N) is 2. The van der Waals surface area contributed by atoms with E-state index in [1.54, 1.807) is 11.3 Å². The molecule has 0 unspecified atom stereocenters. The van der Waals surface area contributed by atoms with Crippen molar-refractivity contribution in [2.45, 2.75) is 6.92 Å². The summed E-state index contributed by atoms with van der Waals surface area (Å²) in [6.45, 7) is 2.10. The highest BCUT2D eigenvalue weighted by atomic mass is 32.1. The molecule has 0 atom stereocenters. The number of hydrogen-bond donors (Lipinski definition) is 0. The van der Waals surface area contributed by atoms with Crippen LogP contribution in [0.15, 0.2) is 17.5 Å². The maximum absolute atomic E-state index is 8.24. The van der Waals surface area contributed by atoms with E-state index in [0.717, 1.165) is 0 Å². The van der Waals surface area contributed by atoms with Gasteiger partial charge in [-0.1, -0.05) is 6.07 Å². The Balaban J connectivity index is 0. The molecule has 0 N–H and O–H groups in total. The van der Waals surface area contributed by atoms with Crippen LogP contribution in [0.4, 0.5) is 0 Å². The van der Waals surface area contributed by atoms with E-state index >= 15 is 0 Å². The van der Waals surface area contributed by atoms with Crippen molar-refractivity contribution in [1.29, 1.82) is 0 Å². The van der Waals surface area contributed by atoms with Crippen molar-refractivity contribution in [3.63, 3.8) is 0 Å². The molecule has 5 heteroatoms. The average Bonchev–Trinajstić information content (AvgIpc) is 2.43. The van der Waals surface area contributed by atoms with Crippen LogP contribution >= 0.6 is 11.3 Å². The summed E-state index contributed by atoms with van der Waals surface area (Å²) in [7, 11) is 0. The summed E-state index contributed by atoms with van der Waals surface area (Å²) in [6.07, 6.45) is 1.00. The topological polar surface area (TPSA) is 78.7 Å². The largest absolute Gasteiger partial charge is 0.724 e. The maximum atomic E-state index is 8.24. The van der Waals surface area contributed by atoms with Gasteiger partial charge in [0.05, 0.1) is 0 Å². The second kappa shape index (κ2) is 12.2. The van der Waals surface area contributed by atoms with Gasteiger partial charge in [0.2, 0.25) is 0 Å². The summed E-state index contributed by atoms with van der Waals surface area (Å²) in [6, 6.07) is 4.16. The Hall–Kier alpha value is -1.54. The third-order valence-electron chi connectivity index (χ3n) is 0.663. The minimum atomic E-state index is 0.500. The van der Waals surface area contributed by atoms with Gasteiger partial charge in [-0.05, 0) is 30.5 Å². The molecule has 1 aromatic rings. The zero-order valence-corrected chi connectivity index (χ0v) is 7.17. The Morgan fingerprint density at radius 3 is 1.83 bits per heavy atom. The predicted octanol–water partition coefficient (Wildman–Crippen LogP) is 1.84. The first-order valence-electron chi connectivity index (χ1n) is 2.75. The Morgan fingerprint density at radius 2 is 1.75 bits per heavy atom. The summed E-state index contributed by atoms with van der Waals surface area (Å²) >= 11 is 1.78. The first-order chi connectivity index (χ1) is 5.72. The van der Waals surface area contributed by atoms with E-state index in [1.807, 2.05) is 0 Å². The molecule has 4 nitrogen and oxygen atoms in total. The van der Waals surface area contributed by atoms with Crippen molar-refractivity contribution in [3.8, 4) is 0 Å². The first-order valence-corrected chi connectivity index (χ1v) is 3.63. The summed E-state index contributed by atoms with van der Waals surface area (Å²) in [4.78, 5) is 17.9. The summed E-state index contributed by atoms with van der Waals surface area (Å²) < 4.78 is 0. The van der Waals surface area contributed by atoms with Crippen LogP contribution in [0.25, 0.3) is 10.8 Å². The molecule has 0 spiro atoms. The maximum Gasteiger partial charge on any atom is 0.00141 e. The molecule has 0 aromatic carbocycles. The highest BCUT2D eigenvalue weighted by Gasteiger charge is 1.74. The zero-order chi connectivity index (χ0) is 9.82. The van der Waals surface area contributed by atoms with Crippen molar-refractivity contribution < 1.29 is 9.59 Å². The monoisotopic (exact) mass is 182 g/mol. The molecule has 0 aliphatic rings. The molecule has 0 aliphatic heterocycles. The van der Waals surface area contributed by atoms with E-state index in [1.165, 1.54) is 4.88 Å². The quantitative estimate of drug-likeness (QED) is 0.453. The van der Waals surface area contributed by atoms with Gasteiger partial charge in [-0.15, -0.1) is 11.3 Å². The van der Waals surface area contributed by atoms with Gasteiger partial charge in [0.15, 0.2) is 0 Å². The normalized spacial score (nSPS) is 5.75. The standard InChI is InChI=1S/C5H6S.2CNO/c1-5-3-2-4-6-5;2*2-1-3/h2-4H,1H3;;/q;2*-1. The lowest BCUT2D eigenvalue weighted by molar-refractivity contribution is 0.568. The van der Waals surface area contributed by atoms with Crippen molar-refractivity contribution >= 4 is 23.5 Å². The zero-order valence-electron chi connectivity index (χ0n) is 6.35. The van der Waals surface area contributed by atoms with E-state index in [9.17, 15) is 0 Å². The minimum absolute atomic E-state index is 0.500. The molecule has 0 saturated heterocycles. The van der Waals surface area contributed by atoms with Crippen LogP contribution in [0, 0.1) is 6.92 Å². The SMILES string of the molecule is Cc1cccs1.[N-]=C=O.[N-]=C=O. The molecule has 1 heterocycles. The van der Waals surface area contributed by atoms with Crippen LogP contribution in [0.2, 0.25) is 0 Å². The summed E-state index contributed by atoms with van der Waals surface area (Å²) in [5.41, 5.74) is 0. The summed E-state index contributed by atoms with van der Waals surface area (Å²) in [5.74, 6) is 0. The van der Waals surface area contributed by atoms with Gasteiger partial charge in [-0.3, -0.25) is 9.59 Å². The molecule has 1 rings (SSSR count). The number of rotatable bonds is 0. The van der Waals surface area contributed by atoms with Crippen molar-refractivity contribution in [1.82, 2.24) is 0 Å². The van der Waals surface area contributed by atoms with E-state index in [4.69, 9.17) is 20.4 Å². The van der Waals surface area contributed by atoms with Gasteiger partial charge in [-0.25, -0.2) is 0 Å². The lowest BCUT2D eigenvalue weighted by Crippen LogP contribution is -1.42. The van der Waals surface area contributed by atoms with E-state index in [0.29, 0.717) is 12.2 Å².